The number of hydrogen-bond donors (Lipinski definition) is 2. The van der Waals surface area contributed by atoms with Gasteiger partial charge >= 0.3 is 0 Å². The van der Waals surface area contributed by atoms with Crippen LogP contribution in [0.15, 0.2) is 4.99 Å². The molecule has 0 amide bonds. The van der Waals surface area contributed by atoms with E-state index >= 15 is 0 Å². The Kier molecular flexibility index (Phi) is 7.95. The van der Waals surface area contributed by atoms with Crippen molar-refractivity contribution >= 4 is 17.7 Å². The molecule has 2 unspecified atom stereocenters. The van der Waals surface area contributed by atoms with E-state index in [2.05, 4.69) is 17.1 Å². The second-order valence-electron chi connectivity index (χ2n) is 6.37. The summed E-state index contributed by atoms with van der Waals surface area (Å²) >= 11 is 1.81. The molecule has 2 fully saturated rings. The van der Waals surface area contributed by atoms with Crippen LogP contribution in [-0.2, 0) is 9.47 Å². The first kappa shape index (κ1) is 18.8. The first-order valence-corrected chi connectivity index (χ1v) is 9.72. The number of likely N-dealkylation sites (tertiary alicyclic amines) is 1. The van der Waals surface area contributed by atoms with Gasteiger partial charge in [-0.1, -0.05) is 0 Å². The minimum absolute atomic E-state index is 0.494. The summed E-state index contributed by atoms with van der Waals surface area (Å²) in [5.41, 5.74) is -0.617. The Morgan fingerprint density at radius 2 is 2.35 bits per heavy atom. The molecule has 7 heteroatoms. The van der Waals surface area contributed by atoms with Gasteiger partial charge in [-0.3, -0.25) is 4.99 Å². The maximum absolute atomic E-state index is 10.5. The van der Waals surface area contributed by atoms with Crippen LogP contribution in [0, 0.1) is 5.92 Å². The second-order valence-corrected chi connectivity index (χ2v) is 7.47. The standard InChI is InChI=1S/C16H31N3O3S/c1-3-17-15(18-12-16(20)5-9-23-13-16)19-6-4-14(10-19)11-22-8-7-21-2/h14,20H,3-13H2,1-2H3,(H,17,18). The van der Waals surface area contributed by atoms with Crippen LogP contribution in [0.5, 0.6) is 0 Å². The summed E-state index contributed by atoms with van der Waals surface area (Å²) in [6, 6.07) is 0. The van der Waals surface area contributed by atoms with E-state index in [-0.39, 0.29) is 0 Å². The van der Waals surface area contributed by atoms with Crippen LogP contribution in [0.2, 0.25) is 0 Å². The number of thioether (sulfide) groups is 1. The number of aliphatic hydroxyl groups is 1. The molecule has 0 bridgehead atoms. The van der Waals surface area contributed by atoms with Gasteiger partial charge in [0, 0.05) is 38.4 Å². The molecule has 2 heterocycles. The lowest BCUT2D eigenvalue weighted by molar-refractivity contribution is 0.0536. The molecule has 0 aromatic heterocycles. The van der Waals surface area contributed by atoms with Gasteiger partial charge in [0.1, 0.15) is 0 Å². The van der Waals surface area contributed by atoms with Gasteiger partial charge in [-0.15, -0.1) is 0 Å². The molecule has 2 saturated heterocycles. The highest BCUT2D eigenvalue weighted by molar-refractivity contribution is 7.99. The van der Waals surface area contributed by atoms with E-state index in [4.69, 9.17) is 14.5 Å². The summed E-state index contributed by atoms with van der Waals surface area (Å²) in [4.78, 5) is 6.99. The van der Waals surface area contributed by atoms with Crippen molar-refractivity contribution < 1.29 is 14.6 Å². The zero-order chi connectivity index (χ0) is 16.5. The van der Waals surface area contributed by atoms with Gasteiger partial charge in [-0.2, -0.15) is 11.8 Å². The lowest BCUT2D eigenvalue weighted by Crippen LogP contribution is -2.42. The highest BCUT2D eigenvalue weighted by Gasteiger charge is 2.32. The van der Waals surface area contributed by atoms with Crippen molar-refractivity contribution in [2.45, 2.75) is 25.4 Å². The van der Waals surface area contributed by atoms with E-state index in [1.807, 2.05) is 11.8 Å². The van der Waals surface area contributed by atoms with Gasteiger partial charge in [0.2, 0.25) is 0 Å². The van der Waals surface area contributed by atoms with Crippen LogP contribution < -0.4 is 5.32 Å². The Morgan fingerprint density at radius 3 is 3.04 bits per heavy atom. The summed E-state index contributed by atoms with van der Waals surface area (Å²) in [6.45, 7) is 7.47. The summed E-state index contributed by atoms with van der Waals surface area (Å²) < 4.78 is 10.6. The molecule has 2 rings (SSSR count). The number of aliphatic imine (C=N–C) groups is 1. The smallest absolute Gasteiger partial charge is 0.194 e. The minimum Gasteiger partial charge on any atom is -0.387 e. The van der Waals surface area contributed by atoms with Gasteiger partial charge in [-0.05, 0) is 25.5 Å². The normalized spacial score (nSPS) is 28.6. The molecular weight excluding hydrogens is 314 g/mol. The lowest BCUT2D eigenvalue weighted by Gasteiger charge is -2.24. The zero-order valence-electron chi connectivity index (χ0n) is 14.4. The van der Waals surface area contributed by atoms with E-state index in [9.17, 15) is 5.11 Å². The van der Waals surface area contributed by atoms with Gasteiger partial charge < -0.3 is 24.8 Å². The van der Waals surface area contributed by atoms with Crippen molar-refractivity contribution in [2.24, 2.45) is 10.9 Å². The number of nitrogens with zero attached hydrogens (tertiary/aromatic N) is 2. The van der Waals surface area contributed by atoms with Crippen LogP contribution in [0.1, 0.15) is 19.8 Å². The van der Waals surface area contributed by atoms with E-state index in [1.54, 1.807) is 7.11 Å². The Balaban J connectivity index is 1.81. The van der Waals surface area contributed by atoms with E-state index < -0.39 is 5.60 Å². The molecule has 2 aliphatic heterocycles. The van der Waals surface area contributed by atoms with Crippen molar-refractivity contribution in [3.05, 3.63) is 0 Å². The molecule has 0 saturated carbocycles. The van der Waals surface area contributed by atoms with Crippen LogP contribution in [0.25, 0.3) is 0 Å². The van der Waals surface area contributed by atoms with Crippen molar-refractivity contribution in [1.29, 1.82) is 0 Å². The third-order valence-electron chi connectivity index (χ3n) is 4.31. The van der Waals surface area contributed by atoms with Crippen LogP contribution in [-0.4, -0.2) is 86.2 Å². The lowest BCUT2D eigenvalue weighted by atomic mass is 10.1. The van der Waals surface area contributed by atoms with Crippen LogP contribution in [0.4, 0.5) is 0 Å². The highest BCUT2D eigenvalue weighted by atomic mass is 32.2. The molecular formula is C16H31N3O3S. The fourth-order valence-corrected chi connectivity index (χ4v) is 4.21. The number of nitrogens with one attached hydrogen (secondary N) is 1. The Morgan fingerprint density at radius 1 is 1.48 bits per heavy atom. The summed E-state index contributed by atoms with van der Waals surface area (Å²) in [5.74, 6) is 3.30. The molecule has 23 heavy (non-hydrogen) atoms. The van der Waals surface area contributed by atoms with Gasteiger partial charge in [-0.25, -0.2) is 0 Å². The summed E-state index contributed by atoms with van der Waals surface area (Å²) in [7, 11) is 1.69. The average molecular weight is 346 g/mol. The largest absolute Gasteiger partial charge is 0.387 e. The van der Waals surface area contributed by atoms with Crippen molar-refractivity contribution in [3.8, 4) is 0 Å². The third kappa shape index (κ3) is 6.14. The summed E-state index contributed by atoms with van der Waals surface area (Å²) in [6.07, 6.45) is 1.97. The number of ether oxygens (including phenoxy) is 2. The van der Waals surface area contributed by atoms with E-state index in [0.717, 1.165) is 56.5 Å². The molecule has 134 valence electrons. The monoisotopic (exact) mass is 345 g/mol. The molecule has 0 aliphatic carbocycles. The fourth-order valence-electron chi connectivity index (χ4n) is 2.92. The molecule has 0 radical (unpaired) electrons. The van der Waals surface area contributed by atoms with Crippen LogP contribution in [0.3, 0.4) is 0 Å². The Bertz CT molecular complexity index is 376. The highest BCUT2D eigenvalue weighted by Crippen LogP contribution is 2.28. The van der Waals surface area contributed by atoms with Crippen molar-refractivity contribution in [1.82, 2.24) is 10.2 Å². The van der Waals surface area contributed by atoms with E-state index in [1.165, 1.54) is 0 Å². The first-order chi connectivity index (χ1) is 11.2. The number of hydrogen-bond acceptors (Lipinski definition) is 5. The predicted molar refractivity (Wildman–Crippen MR) is 95.2 cm³/mol. The second kappa shape index (κ2) is 9.71. The SMILES string of the molecule is CCNC(=NCC1(O)CCSC1)N1CCC(COCCOC)C1. The molecule has 2 aliphatic rings. The van der Waals surface area contributed by atoms with Gasteiger partial charge in [0.05, 0.1) is 32.0 Å². The maximum atomic E-state index is 10.5. The first-order valence-electron chi connectivity index (χ1n) is 8.57. The average Bonchev–Trinajstić information content (AvgIpc) is 3.18. The summed E-state index contributed by atoms with van der Waals surface area (Å²) in [5, 5.41) is 13.8. The third-order valence-corrected chi connectivity index (χ3v) is 5.55. The maximum Gasteiger partial charge on any atom is 0.194 e. The molecule has 0 aromatic rings. The molecule has 2 N–H and O–H groups in total. The molecule has 6 nitrogen and oxygen atoms in total. The number of methoxy groups -OCH3 is 1. The van der Waals surface area contributed by atoms with Crippen molar-refractivity contribution in [3.63, 3.8) is 0 Å². The van der Waals surface area contributed by atoms with Gasteiger partial charge in [0.15, 0.2) is 5.96 Å². The molecule has 2 atom stereocenters. The number of rotatable bonds is 8. The van der Waals surface area contributed by atoms with Crippen molar-refractivity contribution in [2.75, 3.05) is 64.6 Å². The number of guanidine groups is 1. The molecule has 0 aromatic carbocycles. The predicted octanol–water partition coefficient (Wildman–Crippen LogP) is 0.805. The fraction of sp³-hybridized carbons (Fsp3) is 0.938. The van der Waals surface area contributed by atoms with Crippen LogP contribution >= 0.6 is 11.8 Å². The molecule has 0 spiro atoms. The zero-order valence-corrected chi connectivity index (χ0v) is 15.2. The minimum atomic E-state index is -0.617. The Labute approximate surface area is 144 Å². The van der Waals surface area contributed by atoms with E-state index in [0.29, 0.717) is 25.7 Å². The van der Waals surface area contributed by atoms with Gasteiger partial charge in [0.25, 0.3) is 0 Å². The quantitative estimate of drug-likeness (QED) is 0.385. The Hall–Kier alpha value is -0.500. The topological polar surface area (TPSA) is 66.3 Å².